The summed E-state index contributed by atoms with van der Waals surface area (Å²) in [6, 6.07) is 14.3. The molecular weight excluding hydrogens is 1200 g/mol. The van der Waals surface area contributed by atoms with Crippen molar-refractivity contribution < 1.29 is 48.1 Å². The number of methoxy groups -OCH3 is 1. The van der Waals surface area contributed by atoms with Crippen LogP contribution in [-0.4, -0.2) is 115 Å². The Morgan fingerprint density at radius 3 is 1.47 bits per heavy atom. The number of thiazole rings is 4. The summed E-state index contributed by atoms with van der Waals surface area (Å²) in [6.45, 7) is 13.4. The zero-order valence-corrected chi connectivity index (χ0v) is 55.5. The first-order valence-corrected chi connectivity index (χ1v) is 35.3. The average Bonchev–Trinajstić information content (AvgIpc) is 1.60. The van der Waals surface area contributed by atoms with Gasteiger partial charge in [-0.1, -0.05) is 138 Å². The highest BCUT2D eigenvalue weighted by Crippen LogP contribution is 2.58. The quantitative estimate of drug-likeness (QED) is 0.1000. The molecule has 4 fully saturated rings. The number of carbonyl (C=O) groups is 6. The molecule has 89 heavy (non-hydrogen) atoms. The number of carbonyl (C=O) groups excluding carboxylic acids is 5. The van der Waals surface area contributed by atoms with Crippen LogP contribution < -0.4 is 9.47 Å². The summed E-state index contributed by atoms with van der Waals surface area (Å²) in [5.41, 5.74) is 1.68. The Bertz CT molecular complexity index is 3560. The number of hydrogen-bond acceptors (Lipinski definition) is 17. The first kappa shape index (κ1) is 64.3. The number of allylic oxidation sites excluding steroid dienone is 4. The molecule has 0 bridgehead atoms. The molecule has 4 aliphatic heterocycles. The first-order valence-electron chi connectivity index (χ1n) is 31.9. The summed E-state index contributed by atoms with van der Waals surface area (Å²) in [4.78, 5) is 105. The summed E-state index contributed by atoms with van der Waals surface area (Å²) in [6.07, 6.45) is 19.4. The summed E-state index contributed by atoms with van der Waals surface area (Å²) < 4.78 is 19.9. The number of rotatable bonds is 10. The number of ether oxygens (including phenoxy) is 3. The van der Waals surface area contributed by atoms with E-state index in [9.17, 15) is 33.9 Å². The van der Waals surface area contributed by atoms with Gasteiger partial charge in [0, 0.05) is 72.0 Å². The van der Waals surface area contributed by atoms with E-state index in [1.54, 1.807) is 32.5 Å². The number of Topliss-reactive ketones (excluding diaryl/α,β-unsaturated/α-hetero) is 2. The molecule has 2 aromatic carbocycles. The van der Waals surface area contributed by atoms with E-state index in [0.29, 0.717) is 55.5 Å². The SMILES string of the molecule is CC(C)(C)c1csc(C[C@H]2CCCCC/C=C\[C@@H]3C[C@@]3(C(=O)O)CC(=O)[C@@H]3C[C@@H](Oc4nc5ccccc5s4)CN3C2=O)n1.COC(=O)[C@]12CC(=O)[C@@H]3C[C@@H](Oc4nc5ccccc5s4)CN3C(=O)[C@@H](Cc3nc(C(C)(C)C)cs3)CCCCC/C=C\[C@@H]1C2. The Morgan fingerprint density at radius 1 is 0.607 bits per heavy atom. The second-order valence-corrected chi connectivity index (χ2v) is 31.4. The standard InChI is InChI=1S/C35H43N3O5S2.C34H41N3O5S2/c1-34(2,3)29-21-44-30(37-29)16-22-12-8-6-5-7-9-13-23-18-35(23,32(41)42-4)19-27(39)26-17-24(20-38(26)31(22)40)43-33-36-25-14-10-11-15-28(25)45-33;1-33(2,3)28-20-43-29(36-28)15-21-11-7-5-4-6-8-12-22-17-34(22,31(40)41)18-26(38)25-16-23(19-37(25)30(21)39)42-32-35-24-13-9-10-14-27(24)44-32/h9-11,13-15,21-24,26H,5-8,12,16-20H2,1-4H3;8-10,12-14,20-23,25H,4-7,11,15-19H2,1-3H3,(H,40,41)/b13-9-;12-8-/t22-,23-,24-,26+,35-;21-,22-,23-,25+,34-/m11/s1. The van der Waals surface area contributed by atoms with Gasteiger partial charge >= 0.3 is 11.9 Å². The van der Waals surface area contributed by atoms with E-state index in [1.807, 2.05) is 54.6 Å². The number of esters is 1. The third kappa shape index (κ3) is 14.8. The topological polar surface area (TPSA) is 208 Å². The van der Waals surface area contributed by atoms with E-state index >= 15 is 0 Å². The lowest BCUT2D eigenvalue weighted by atomic mass is 9.91. The van der Waals surface area contributed by atoms with Crippen LogP contribution >= 0.6 is 45.3 Å². The number of nitrogens with zero attached hydrogens (tertiary/aromatic N) is 6. The smallest absolute Gasteiger partial charge is 0.312 e. The Balaban J connectivity index is 0.000000184. The fraction of sp³-hybridized carbons (Fsp3) is 0.565. The van der Waals surface area contributed by atoms with Crippen molar-refractivity contribution >= 4 is 101 Å². The number of hydrogen-bond donors (Lipinski definition) is 1. The van der Waals surface area contributed by atoms with Crippen LogP contribution in [0.25, 0.3) is 20.4 Å². The third-order valence-electron chi connectivity index (χ3n) is 18.9. The molecular formula is C69H84N6O10S4. The zero-order chi connectivity index (χ0) is 62.8. The maximum atomic E-state index is 14.5. The van der Waals surface area contributed by atoms with Gasteiger partial charge in [-0.05, 0) is 87.5 Å². The molecule has 6 aromatic rings. The minimum absolute atomic E-state index is 0.0194. The third-order valence-corrected chi connectivity index (χ3v) is 22.5. The van der Waals surface area contributed by atoms with Gasteiger partial charge in [0.15, 0.2) is 11.6 Å². The number of para-hydroxylation sites is 2. The molecule has 6 aliphatic rings. The molecule has 0 radical (unpaired) electrons. The van der Waals surface area contributed by atoms with Gasteiger partial charge in [0.25, 0.3) is 10.4 Å². The van der Waals surface area contributed by atoms with Crippen LogP contribution in [0.15, 0.2) is 83.6 Å². The van der Waals surface area contributed by atoms with Crippen molar-refractivity contribution in [2.45, 2.75) is 192 Å². The number of carboxylic acid groups (broad SMARTS) is 1. The minimum atomic E-state index is -1.09. The normalized spacial score (nSPS) is 28.8. The van der Waals surface area contributed by atoms with Crippen LogP contribution in [0.4, 0.5) is 0 Å². The number of carboxylic acids is 1. The lowest BCUT2D eigenvalue weighted by molar-refractivity contribution is -0.150. The average molecular weight is 1290 g/mol. The van der Waals surface area contributed by atoms with Crippen molar-refractivity contribution in [1.29, 1.82) is 0 Å². The summed E-state index contributed by atoms with van der Waals surface area (Å²) in [5, 5.41) is 17.3. The largest absolute Gasteiger partial charge is 0.481 e. The molecule has 16 nitrogen and oxygen atoms in total. The van der Waals surface area contributed by atoms with Gasteiger partial charge in [0.2, 0.25) is 11.8 Å². The van der Waals surface area contributed by atoms with Gasteiger partial charge < -0.3 is 29.1 Å². The maximum absolute atomic E-state index is 14.5. The van der Waals surface area contributed by atoms with Crippen LogP contribution in [0.3, 0.4) is 0 Å². The predicted octanol–water partition coefficient (Wildman–Crippen LogP) is 13.7. The maximum Gasteiger partial charge on any atom is 0.312 e. The molecule has 0 spiro atoms. The Labute approximate surface area is 538 Å². The molecule has 2 amide bonds. The first-order chi connectivity index (χ1) is 42.6. The van der Waals surface area contributed by atoms with Crippen molar-refractivity contribution in [3.8, 4) is 10.4 Å². The lowest BCUT2D eigenvalue weighted by Gasteiger charge is -2.28. The number of aliphatic carboxylic acids is 1. The number of aromatic nitrogens is 4. The van der Waals surface area contributed by atoms with Gasteiger partial charge in [-0.3, -0.25) is 28.8 Å². The highest BCUT2D eigenvalue weighted by molar-refractivity contribution is 7.20. The van der Waals surface area contributed by atoms with Crippen LogP contribution in [0, 0.1) is 34.5 Å². The zero-order valence-electron chi connectivity index (χ0n) is 52.3. The second kappa shape index (κ2) is 26.9. The van der Waals surface area contributed by atoms with Crippen molar-refractivity contribution in [2.24, 2.45) is 34.5 Å². The van der Waals surface area contributed by atoms with E-state index < -0.39 is 35.0 Å². The summed E-state index contributed by atoms with van der Waals surface area (Å²) >= 11 is 6.12. The fourth-order valence-electron chi connectivity index (χ4n) is 13.4. The molecule has 8 heterocycles. The summed E-state index contributed by atoms with van der Waals surface area (Å²) in [7, 11) is 1.39. The Morgan fingerprint density at radius 2 is 1.04 bits per heavy atom. The molecule has 0 unspecified atom stereocenters. The van der Waals surface area contributed by atoms with E-state index in [0.717, 1.165) is 106 Å². The minimum Gasteiger partial charge on any atom is -0.481 e. The second-order valence-electron chi connectivity index (χ2n) is 27.6. The molecule has 20 heteroatoms. The molecule has 1 N–H and O–H groups in total. The van der Waals surface area contributed by atoms with Crippen LogP contribution in [0.2, 0.25) is 0 Å². The number of amides is 2. The Kier molecular flexibility index (Phi) is 19.5. The predicted molar refractivity (Wildman–Crippen MR) is 349 cm³/mol. The molecule has 10 atom stereocenters. The van der Waals surface area contributed by atoms with Crippen LogP contribution in [-0.2, 0) is 57.2 Å². The monoisotopic (exact) mass is 1280 g/mol. The van der Waals surface area contributed by atoms with Gasteiger partial charge in [-0.2, -0.15) is 0 Å². The van der Waals surface area contributed by atoms with Crippen molar-refractivity contribution in [1.82, 2.24) is 29.7 Å². The van der Waals surface area contributed by atoms with Crippen molar-refractivity contribution in [3.63, 3.8) is 0 Å². The van der Waals surface area contributed by atoms with E-state index in [-0.39, 0.29) is 89.3 Å². The van der Waals surface area contributed by atoms with Gasteiger partial charge in [-0.25, -0.2) is 19.9 Å². The van der Waals surface area contributed by atoms with Crippen LogP contribution in [0.1, 0.15) is 166 Å². The van der Waals surface area contributed by atoms with Crippen LogP contribution in [0.5, 0.6) is 10.4 Å². The van der Waals surface area contributed by atoms with E-state index in [1.165, 1.54) is 29.8 Å². The number of benzene rings is 2. The molecule has 474 valence electrons. The highest BCUT2D eigenvalue weighted by Gasteiger charge is 2.63. The molecule has 4 aromatic heterocycles. The van der Waals surface area contributed by atoms with E-state index in [4.69, 9.17) is 24.2 Å². The van der Waals surface area contributed by atoms with Gasteiger partial charge in [0.05, 0.1) is 84.9 Å². The molecule has 12 rings (SSSR count). The molecule has 2 saturated carbocycles. The Hall–Kier alpha value is -6.22. The molecule has 2 saturated heterocycles. The fourth-order valence-corrected chi connectivity index (χ4v) is 17.4. The number of ketones is 2. The van der Waals surface area contributed by atoms with E-state index in [2.05, 4.69) is 80.5 Å². The number of fused-ring (bicyclic) bond motifs is 6. The van der Waals surface area contributed by atoms with Crippen molar-refractivity contribution in [3.05, 3.63) is 105 Å². The van der Waals surface area contributed by atoms with Crippen molar-refractivity contribution in [2.75, 3.05) is 20.2 Å². The van der Waals surface area contributed by atoms with Gasteiger partial charge in [-0.15, -0.1) is 22.7 Å². The van der Waals surface area contributed by atoms with Gasteiger partial charge in [0.1, 0.15) is 12.2 Å². The molecule has 2 aliphatic carbocycles. The highest BCUT2D eigenvalue weighted by atomic mass is 32.1. The lowest BCUT2D eigenvalue weighted by Crippen LogP contribution is -2.45. The summed E-state index contributed by atoms with van der Waals surface area (Å²) in [5.74, 6) is -2.41.